The molecule has 0 aliphatic carbocycles. The van der Waals surface area contributed by atoms with Crippen LogP contribution < -0.4 is 4.74 Å². The topological polar surface area (TPSA) is 9.23 Å². The molecule has 0 spiro atoms. The molecule has 0 unspecified atom stereocenters. The van der Waals surface area contributed by atoms with Gasteiger partial charge in [0.1, 0.15) is 11.5 Å². The van der Waals surface area contributed by atoms with Crippen LogP contribution >= 0.6 is 0 Å². The molecule has 0 saturated carbocycles. The van der Waals surface area contributed by atoms with Crippen molar-refractivity contribution in [1.82, 2.24) is 0 Å². The van der Waals surface area contributed by atoms with E-state index in [-0.39, 0.29) is 0 Å². The van der Waals surface area contributed by atoms with Gasteiger partial charge in [0.25, 0.3) is 0 Å². The summed E-state index contributed by atoms with van der Waals surface area (Å²) in [6.45, 7) is 6.20. The van der Waals surface area contributed by atoms with Crippen molar-refractivity contribution in [2.45, 2.75) is 20.8 Å². The van der Waals surface area contributed by atoms with Crippen molar-refractivity contribution >= 4 is 0 Å². The Morgan fingerprint density at radius 3 is 2.31 bits per heavy atom. The lowest BCUT2D eigenvalue weighted by atomic mass is 10.1. The van der Waals surface area contributed by atoms with Crippen molar-refractivity contribution in [2.75, 3.05) is 0 Å². The SMILES string of the molecule is Cc1cccc(Oc2cc(C)ccc2C)c1. The Bertz CT molecular complexity index is 501. The molecule has 0 fully saturated rings. The monoisotopic (exact) mass is 212 g/mol. The first-order valence-electron chi connectivity index (χ1n) is 5.47. The van der Waals surface area contributed by atoms with Crippen LogP contribution in [0.15, 0.2) is 42.5 Å². The molecule has 0 aliphatic heterocycles. The second kappa shape index (κ2) is 4.40. The second-order valence-corrected chi connectivity index (χ2v) is 4.19. The smallest absolute Gasteiger partial charge is 0.130 e. The highest BCUT2D eigenvalue weighted by molar-refractivity contribution is 5.40. The van der Waals surface area contributed by atoms with Gasteiger partial charge in [-0.15, -0.1) is 0 Å². The Labute approximate surface area is 96.7 Å². The Kier molecular flexibility index (Phi) is 2.95. The molecule has 1 nitrogen and oxygen atoms in total. The van der Waals surface area contributed by atoms with E-state index in [0.717, 1.165) is 17.1 Å². The Balaban J connectivity index is 2.30. The van der Waals surface area contributed by atoms with Gasteiger partial charge in [0.2, 0.25) is 0 Å². The van der Waals surface area contributed by atoms with Crippen molar-refractivity contribution < 1.29 is 4.74 Å². The van der Waals surface area contributed by atoms with Crippen molar-refractivity contribution in [3.05, 3.63) is 59.2 Å². The third-order valence-electron chi connectivity index (χ3n) is 2.56. The maximum Gasteiger partial charge on any atom is 0.130 e. The molecule has 16 heavy (non-hydrogen) atoms. The summed E-state index contributed by atoms with van der Waals surface area (Å²) in [4.78, 5) is 0. The molecule has 82 valence electrons. The zero-order valence-electron chi connectivity index (χ0n) is 9.95. The van der Waals surface area contributed by atoms with Crippen LogP contribution in [0, 0.1) is 20.8 Å². The van der Waals surface area contributed by atoms with Gasteiger partial charge in [-0.05, 0) is 55.7 Å². The van der Waals surface area contributed by atoms with Crippen molar-refractivity contribution in [2.24, 2.45) is 0 Å². The molecule has 2 aromatic rings. The van der Waals surface area contributed by atoms with Crippen LogP contribution in [0.25, 0.3) is 0 Å². The van der Waals surface area contributed by atoms with E-state index >= 15 is 0 Å². The molecule has 0 saturated heterocycles. The molecule has 0 radical (unpaired) electrons. The van der Waals surface area contributed by atoms with E-state index < -0.39 is 0 Å². The van der Waals surface area contributed by atoms with Crippen LogP contribution in [0.1, 0.15) is 16.7 Å². The van der Waals surface area contributed by atoms with Gasteiger partial charge < -0.3 is 4.74 Å². The first-order valence-corrected chi connectivity index (χ1v) is 5.47. The summed E-state index contributed by atoms with van der Waals surface area (Å²) in [5.41, 5.74) is 3.59. The lowest BCUT2D eigenvalue weighted by Crippen LogP contribution is -1.88. The number of rotatable bonds is 2. The Morgan fingerprint density at radius 1 is 0.812 bits per heavy atom. The van der Waals surface area contributed by atoms with Crippen molar-refractivity contribution in [1.29, 1.82) is 0 Å². The minimum absolute atomic E-state index is 0.897. The van der Waals surface area contributed by atoms with E-state index in [0.29, 0.717) is 0 Å². The van der Waals surface area contributed by atoms with Gasteiger partial charge in [0.15, 0.2) is 0 Å². The van der Waals surface area contributed by atoms with Crippen LogP contribution in [0.2, 0.25) is 0 Å². The quantitative estimate of drug-likeness (QED) is 0.716. The molecule has 0 atom stereocenters. The fourth-order valence-electron chi connectivity index (χ4n) is 1.62. The minimum atomic E-state index is 0.897. The lowest BCUT2D eigenvalue weighted by Gasteiger charge is -2.09. The zero-order valence-corrected chi connectivity index (χ0v) is 9.95. The predicted octanol–water partition coefficient (Wildman–Crippen LogP) is 4.40. The Morgan fingerprint density at radius 2 is 1.56 bits per heavy atom. The molecule has 0 heterocycles. The number of ether oxygens (including phenoxy) is 1. The highest BCUT2D eigenvalue weighted by Gasteiger charge is 2.01. The molecule has 0 bridgehead atoms. The molecule has 0 amide bonds. The molecule has 0 N–H and O–H groups in total. The maximum atomic E-state index is 5.87. The highest BCUT2D eigenvalue weighted by Crippen LogP contribution is 2.26. The van der Waals surface area contributed by atoms with Crippen LogP contribution in [0.4, 0.5) is 0 Å². The van der Waals surface area contributed by atoms with Gasteiger partial charge in [-0.25, -0.2) is 0 Å². The van der Waals surface area contributed by atoms with E-state index in [4.69, 9.17) is 4.74 Å². The van der Waals surface area contributed by atoms with E-state index in [1.165, 1.54) is 11.1 Å². The molecule has 2 aromatic carbocycles. The summed E-state index contributed by atoms with van der Waals surface area (Å²) >= 11 is 0. The van der Waals surface area contributed by atoms with Crippen molar-refractivity contribution in [3.63, 3.8) is 0 Å². The molecular formula is C15H16O. The molecule has 2 rings (SSSR count). The van der Waals surface area contributed by atoms with E-state index in [9.17, 15) is 0 Å². The van der Waals surface area contributed by atoms with Gasteiger partial charge in [-0.2, -0.15) is 0 Å². The summed E-state index contributed by atoms with van der Waals surface area (Å²) < 4.78 is 5.87. The first-order chi connectivity index (χ1) is 7.65. The van der Waals surface area contributed by atoms with Crippen LogP contribution in [-0.4, -0.2) is 0 Å². The minimum Gasteiger partial charge on any atom is -0.457 e. The van der Waals surface area contributed by atoms with Crippen LogP contribution in [0.5, 0.6) is 11.5 Å². The summed E-state index contributed by atoms with van der Waals surface area (Å²) in [5, 5.41) is 0. The molecular weight excluding hydrogens is 196 g/mol. The second-order valence-electron chi connectivity index (χ2n) is 4.19. The molecule has 0 aliphatic rings. The van der Waals surface area contributed by atoms with Crippen LogP contribution in [-0.2, 0) is 0 Å². The number of benzene rings is 2. The molecule has 0 aromatic heterocycles. The fraction of sp³-hybridized carbons (Fsp3) is 0.200. The third kappa shape index (κ3) is 2.43. The van der Waals surface area contributed by atoms with Gasteiger partial charge in [0, 0.05) is 0 Å². The van der Waals surface area contributed by atoms with Crippen molar-refractivity contribution in [3.8, 4) is 11.5 Å². The average Bonchev–Trinajstić information content (AvgIpc) is 2.24. The van der Waals surface area contributed by atoms with E-state index in [1.54, 1.807) is 0 Å². The third-order valence-corrected chi connectivity index (χ3v) is 2.56. The van der Waals surface area contributed by atoms with E-state index in [1.807, 2.05) is 18.2 Å². The standard InChI is InChI=1S/C15H16O/c1-11-5-4-6-14(9-11)16-15-10-12(2)7-8-13(15)3/h4-10H,1-3H3. The summed E-state index contributed by atoms with van der Waals surface area (Å²) in [7, 11) is 0. The van der Waals surface area contributed by atoms with Gasteiger partial charge in [-0.3, -0.25) is 0 Å². The maximum absolute atomic E-state index is 5.87. The first kappa shape index (κ1) is 10.7. The normalized spacial score (nSPS) is 10.2. The zero-order chi connectivity index (χ0) is 11.5. The number of hydrogen-bond acceptors (Lipinski definition) is 1. The fourth-order valence-corrected chi connectivity index (χ4v) is 1.62. The predicted molar refractivity (Wildman–Crippen MR) is 67.2 cm³/mol. The van der Waals surface area contributed by atoms with Gasteiger partial charge >= 0.3 is 0 Å². The summed E-state index contributed by atoms with van der Waals surface area (Å²) in [6.07, 6.45) is 0. The molecule has 1 heteroatoms. The van der Waals surface area contributed by atoms with Crippen LogP contribution in [0.3, 0.4) is 0 Å². The Hall–Kier alpha value is -1.76. The van der Waals surface area contributed by atoms with E-state index in [2.05, 4.69) is 45.0 Å². The average molecular weight is 212 g/mol. The van der Waals surface area contributed by atoms with Gasteiger partial charge in [-0.1, -0.05) is 24.3 Å². The summed E-state index contributed by atoms with van der Waals surface area (Å²) in [6, 6.07) is 14.3. The lowest BCUT2D eigenvalue weighted by molar-refractivity contribution is 0.478. The highest BCUT2D eigenvalue weighted by atomic mass is 16.5. The number of hydrogen-bond donors (Lipinski definition) is 0. The van der Waals surface area contributed by atoms with Gasteiger partial charge in [0.05, 0.1) is 0 Å². The number of aryl methyl sites for hydroxylation is 3. The summed E-state index contributed by atoms with van der Waals surface area (Å²) in [5.74, 6) is 1.83. The largest absolute Gasteiger partial charge is 0.457 e.